The highest BCUT2D eigenvalue weighted by Crippen LogP contribution is 2.23. The normalized spacial score (nSPS) is 14.3. The maximum Gasteiger partial charge on any atom is 0.270 e. The fourth-order valence-electron chi connectivity index (χ4n) is 3.12. The fraction of sp³-hybridized carbons (Fsp3) is 0.368. The minimum absolute atomic E-state index is 0.133. The van der Waals surface area contributed by atoms with E-state index in [0.29, 0.717) is 18.7 Å². The van der Waals surface area contributed by atoms with Gasteiger partial charge in [-0.05, 0) is 19.1 Å². The van der Waals surface area contributed by atoms with Gasteiger partial charge in [0, 0.05) is 50.2 Å². The second kappa shape index (κ2) is 8.66. The lowest BCUT2D eigenvalue weighted by atomic mass is 10.2. The summed E-state index contributed by atoms with van der Waals surface area (Å²) in [6.45, 7) is 6.17. The molecule has 146 valence electrons. The molecule has 0 unspecified atom stereocenters. The third kappa shape index (κ3) is 4.48. The van der Waals surface area contributed by atoms with Crippen LogP contribution in [0.5, 0.6) is 0 Å². The molecule has 0 bridgehead atoms. The Morgan fingerprint density at radius 2 is 1.86 bits per heavy atom. The van der Waals surface area contributed by atoms with E-state index in [1.807, 2.05) is 18.4 Å². The molecule has 3 aromatic rings. The zero-order chi connectivity index (χ0) is 19.3. The molecule has 1 saturated heterocycles. The molecule has 1 aliphatic heterocycles. The number of aryl methyl sites for hydroxylation is 1. The minimum atomic E-state index is -0.133. The molecule has 3 heterocycles. The number of benzene rings is 1. The number of carbonyl (C=O) groups excluding carboxylic acids is 1. The topological polar surface area (TPSA) is 74.2 Å². The number of aromatic nitrogens is 3. The first-order valence-electron chi connectivity index (χ1n) is 9.27. The lowest BCUT2D eigenvalue weighted by molar-refractivity contribution is 0.0950. The van der Waals surface area contributed by atoms with Crippen molar-refractivity contribution in [2.75, 3.05) is 42.5 Å². The van der Waals surface area contributed by atoms with Gasteiger partial charge in [-0.3, -0.25) is 4.79 Å². The van der Waals surface area contributed by atoms with E-state index in [2.05, 4.69) is 54.6 Å². The van der Waals surface area contributed by atoms with E-state index in [0.717, 1.165) is 41.3 Å². The predicted octanol–water partition coefficient (Wildman–Crippen LogP) is 2.60. The van der Waals surface area contributed by atoms with E-state index in [-0.39, 0.29) is 5.91 Å². The van der Waals surface area contributed by atoms with Crippen molar-refractivity contribution in [3.8, 4) is 0 Å². The van der Waals surface area contributed by atoms with Gasteiger partial charge in [0.25, 0.3) is 5.91 Å². The van der Waals surface area contributed by atoms with Gasteiger partial charge in [0.2, 0.25) is 0 Å². The monoisotopic (exact) mass is 414 g/mol. The number of hydrogen-bond acceptors (Lipinski definition) is 8. The SMILES string of the molecule is Cc1nnc(CCNC(=O)c2csc(N3CCN(c4ccccc4)CC3)n2)s1. The summed E-state index contributed by atoms with van der Waals surface area (Å²) in [5.74, 6) is -0.133. The highest BCUT2D eigenvalue weighted by molar-refractivity contribution is 7.14. The van der Waals surface area contributed by atoms with Gasteiger partial charge < -0.3 is 15.1 Å². The Bertz CT molecular complexity index is 917. The van der Waals surface area contributed by atoms with Crippen LogP contribution in [-0.2, 0) is 6.42 Å². The summed E-state index contributed by atoms with van der Waals surface area (Å²) in [6, 6.07) is 10.5. The Kier molecular flexibility index (Phi) is 5.82. The summed E-state index contributed by atoms with van der Waals surface area (Å²) in [5, 5.41) is 15.6. The number of carbonyl (C=O) groups is 1. The molecule has 1 aliphatic rings. The molecule has 0 radical (unpaired) electrons. The molecule has 2 aromatic heterocycles. The second-order valence-electron chi connectivity index (χ2n) is 6.55. The first kappa shape index (κ1) is 18.8. The first-order valence-corrected chi connectivity index (χ1v) is 11.0. The standard InChI is InChI=1S/C19H22N6OS2/c1-14-22-23-17(28-14)7-8-20-18(26)16-13-27-19(21-16)25-11-9-24(10-12-25)15-5-3-2-4-6-15/h2-6,13H,7-12H2,1H3,(H,20,26). The van der Waals surface area contributed by atoms with Gasteiger partial charge in [-0.2, -0.15) is 0 Å². The Balaban J connectivity index is 1.27. The smallest absolute Gasteiger partial charge is 0.270 e. The van der Waals surface area contributed by atoms with Crippen LogP contribution < -0.4 is 15.1 Å². The number of thiazole rings is 1. The van der Waals surface area contributed by atoms with Gasteiger partial charge in [0.05, 0.1) is 0 Å². The Morgan fingerprint density at radius 3 is 2.57 bits per heavy atom. The quantitative estimate of drug-likeness (QED) is 0.668. The van der Waals surface area contributed by atoms with Crippen LogP contribution in [0.15, 0.2) is 35.7 Å². The Hall–Kier alpha value is -2.52. The average molecular weight is 415 g/mol. The van der Waals surface area contributed by atoms with Crippen molar-refractivity contribution in [2.45, 2.75) is 13.3 Å². The summed E-state index contributed by atoms with van der Waals surface area (Å²) in [5.41, 5.74) is 1.74. The minimum Gasteiger partial charge on any atom is -0.368 e. The summed E-state index contributed by atoms with van der Waals surface area (Å²) < 4.78 is 0. The van der Waals surface area contributed by atoms with Crippen molar-refractivity contribution in [1.29, 1.82) is 0 Å². The van der Waals surface area contributed by atoms with E-state index in [9.17, 15) is 4.79 Å². The van der Waals surface area contributed by atoms with Crippen LogP contribution in [0.3, 0.4) is 0 Å². The first-order chi connectivity index (χ1) is 13.7. The van der Waals surface area contributed by atoms with Crippen molar-refractivity contribution in [3.05, 3.63) is 51.4 Å². The van der Waals surface area contributed by atoms with Gasteiger partial charge in [-0.15, -0.1) is 32.9 Å². The van der Waals surface area contributed by atoms with Crippen molar-refractivity contribution in [3.63, 3.8) is 0 Å². The van der Waals surface area contributed by atoms with Crippen LogP contribution in [0, 0.1) is 6.92 Å². The molecule has 1 N–H and O–H groups in total. The van der Waals surface area contributed by atoms with Crippen LogP contribution in [0.2, 0.25) is 0 Å². The number of nitrogens with one attached hydrogen (secondary N) is 1. The number of nitrogens with zero attached hydrogens (tertiary/aromatic N) is 5. The molecule has 7 nitrogen and oxygen atoms in total. The maximum absolute atomic E-state index is 12.3. The molecule has 4 rings (SSSR count). The van der Waals surface area contributed by atoms with Crippen molar-refractivity contribution < 1.29 is 4.79 Å². The molecular weight excluding hydrogens is 392 g/mol. The number of amides is 1. The van der Waals surface area contributed by atoms with E-state index in [1.165, 1.54) is 17.0 Å². The van der Waals surface area contributed by atoms with Crippen molar-refractivity contribution in [1.82, 2.24) is 20.5 Å². The zero-order valence-electron chi connectivity index (χ0n) is 15.7. The predicted molar refractivity (Wildman–Crippen MR) is 114 cm³/mol. The molecule has 1 aromatic carbocycles. The number of piperazine rings is 1. The highest BCUT2D eigenvalue weighted by Gasteiger charge is 2.21. The number of anilines is 2. The van der Waals surface area contributed by atoms with Gasteiger partial charge in [0.15, 0.2) is 5.13 Å². The van der Waals surface area contributed by atoms with Gasteiger partial charge in [-0.25, -0.2) is 4.98 Å². The van der Waals surface area contributed by atoms with Gasteiger partial charge in [0.1, 0.15) is 15.7 Å². The summed E-state index contributed by atoms with van der Waals surface area (Å²) in [7, 11) is 0. The Morgan fingerprint density at radius 1 is 1.11 bits per heavy atom. The maximum atomic E-state index is 12.3. The summed E-state index contributed by atoms with van der Waals surface area (Å²) in [6.07, 6.45) is 0.690. The molecular formula is C19H22N6OS2. The molecule has 28 heavy (non-hydrogen) atoms. The van der Waals surface area contributed by atoms with E-state index in [1.54, 1.807) is 11.3 Å². The Labute approximate surface area is 172 Å². The van der Waals surface area contributed by atoms with Crippen LogP contribution in [0.4, 0.5) is 10.8 Å². The molecule has 1 amide bonds. The highest BCUT2D eigenvalue weighted by atomic mass is 32.1. The fourth-order valence-corrected chi connectivity index (χ4v) is 4.69. The molecule has 0 spiro atoms. The third-order valence-corrected chi connectivity index (χ3v) is 6.39. The molecule has 0 aliphatic carbocycles. The molecule has 0 saturated carbocycles. The summed E-state index contributed by atoms with van der Waals surface area (Å²) in [4.78, 5) is 21.5. The lowest BCUT2D eigenvalue weighted by Gasteiger charge is -2.35. The summed E-state index contributed by atoms with van der Waals surface area (Å²) >= 11 is 3.09. The van der Waals surface area contributed by atoms with Gasteiger partial charge >= 0.3 is 0 Å². The largest absolute Gasteiger partial charge is 0.368 e. The molecule has 1 fully saturated rings. The number of hydrogen-bond donors (Lipinski definition) is 1. The number of para-hydroxylation sites is 1. The van der Waals surface area contributed by atoms with Crippen LogP contribution in [0.25, 0.3) is 0 Å². The molecule has 0 atom stereocenters. The van der Waals surface area contributed by atoms with E-state index >= 15 is 0 Å². The molecule has 9 heteroatoms. The second-order valence-corrected chi connectivity index (χ2v) is 8.65. The van der Waals surface area contributed by atoms with Crippen molar-refractivity contribution in [2.24, 2.45) is 0 Å². The lowest BCUT2D eigenvalue weighted by Crippen LogP contribution is -2.46. The van der Waals surface area contributed by atoms with E-state index in [4.69, 9.17) is 0 Å². The number of rotatable bonds is 6. The average Bonchev–Trinajstić information content (AvgIpc) is 3.38. The van der Waals surface area contributed by atoms with Crippen LogP contribution in [-0.4, -0.2) is 53.8 Å². The third-order valence-electron chi connectivity index (χ3n) is 4.59. The van der Waals surface area contributed by atoms with Gasteiger partial charge in [-0.1, -0.05) is 18.2 Å². The van der Waals surface area contributed by atoms with Crippen molar-refractivity contribution >= 4 is 39.4 Å². The van der Waals surface area contributed by atoms with Crippen LogP contribution in [0.1, 0.15) is 20.5 Å². The zero-order valence-corrected chi connectivity index (χ0v) is 17.3. The van der Waals surface area contributed by atoms with E-state index < -0.39 is 0 Å². The van der Waals surface area contributed by atoms with Crippen LogP contribution >= 0.6 is 22.7 Å².